The van der Waals surface area contributed by atoms with E-state index in [0.29, 0.717) is 38.3 Å². The molecule has 7 heteroatoms. The smallest absolute Gasteiger partial charge is 0.227 e. The van der Waals surface area contributed by atoms with Crippen molar-refractivity contribution in [2.45, 2.75) is 57.2 Å². The van der Waals surface area contributed by atoms with Crippen molar-refractivity contribution in [3.05, 3.63) is 12.2 Å². The number of carbonyl (C=O) groups excluding carboxylic acids is 2. The van der Waals surface area contributed by atoms with E-state index in [1.54, 1.807) is 0 Å². The first-order valence-electron chi connectivity index (χ1n) is 9.67. The van der Waals surface area contributed by atoms with Crippen LogP contribution in [0.15, 0.2) is 22.4 Å². The van der Waals surface area contributed by atoms with Crippen LogP contribution in [-0.2, 0) is 14.3 Å². The maximum Gasteiger partial charge on any atom is 0.227 e. The van der Waals surface area contributed by atoms with Crippen molar-refractivity contribution in [2.24, 2.45) is 22.1 Å². The maximum atomic E-state index is 12.6. The van der Waals surface area contributed by atoms with Crippen molar-refractivity contribution < 1.29 is 14.3 Å². The summed E-state index contributed by atoms with van der Waals surface area (Å²) in [4.78, 5) is 26.4. The number of hydrogen-bond acceptors (Lipinski definition) is 5. The van der Waals surface area contributed by atoms with Crippen LogP contribution in [0, 0.1) is 11.8 Å². The van der Waals surface area contributed by atoms with Gasteiger partial charge in [-0.3, -0.25) is 9.59 Å². The highest BCUT2D eigenvalue weighted by atomic mass is 16.5. The molecule has 2 amide bonds. The average molecular weight is 362 g/mol. The van der Waals surface area contributed by atoms with Gasteiger partial charge in [0.1, 0.15) is 0 Å². The molecule has 0 spiro atoms. The topological polar surface area (TPSA) is 83.4 Å². The number of amides is 2. The summed E-state index contributed by atoms with van der Waals surface area (Å²) in [6, 6.07) is 0. The van der Waals surface area contributed by atoms with Gasteiger partial charge in [-0.2, -0.15) is 10.2 Å². The molecule has 26 heavy (non-hydrogen) atoms. The molecule has 3 atom stereocenters. The Balaban J connectivity index is 1.33. The van der Waals surface area contributed by atoms with E-state index in [-0.39, 0.29) is 29.5 Å². The minimum atomic E-state index is -0.336. The van der Waals surface area contributed by atoms with Gasteiger partial charge in [-0.05, 0) is 38.5 Å². The van der Waals surface area contributed by atoms with Crippen LogP contribution < -0.4 is 5.32 Å². The van der Waals surface area contributed by atoms with Crippen LogP contribution in [-0.4, -0.2) is 55.2 Å². The van der Waals surface area contributed by atoms with Crippen LogP contribution in [0.3, 0.4) is 0 Å². The molecule has 0 aromatic rings. The largest absolute Gasteiger partial charge is 0.376 e. The first-order valence-corrected chi connectivity index (χ1v) is 9.67. The van der Waals surface area contributed by atoms with E-state index in [4.69, 9.17) is 4.74 Å². The third-order valence-electron chi connectivity index (χ3n) is 5.51. The van der Waals surface area contributed by atoms with Crippen LogP contribution in [0.4, 0.5) is 0 Å². The second-order valence-corrected chi connectivity index (χ2v) is 7.98. The number of nitrogens with zero attached hydrogens (tertiary/aromatic N) is 3. The summed E-state index contributed by atoms with van der Waals surface area (Å²) in [5.41, 5.74) is -0.336. The predicted octanol–water partition coefficient (Wildman–Crippen LogP) is 2.28. The highest BCUT2D eigenvalue weighted by Gasteiger charge is 2.35. The lowest BCUT2D eigenvalue weighted by atomic mass is 9.93. The van der Waals surface area contributed by atoms with Gasteiger partial charge >= 0.3 is 0 Å². The van der Waals surface area contributed by atoms with Crippen LogP contribution >= 0.6 is 0 Å². The van der Waals surface area contributed by atoms with E-state index in [9.17, 15) is 9.59 Å². The first-order chi connectivity index (χ1) is 12.5. The molecule has 7 nitrogen and oxygen atoms in total. The predicted molar refractivity (Wildman–Crippen MR) is 97.5 cm³/mol. The molecular formula is C19H30N4O3. The second-order valence-electron chi connectivity index (χ2n) is 7.98. The van der Waals surface area contributed by atoms with Gasteiger partial charge in [0.25, 0.3) is 0 Å². The van der Waals surface area contributed by atoms with Gasteiger partial charge in [0.2, 0.25) is 11.8 Å². The van der Waals surface area contributed by atoms with E-state index in [2.05, 4.69) is 27.7 Å². The zero-order valence-electron chi connectivity index (χ0n) is 15.8. The number of rotatable bonds is 8. The Kier molecular flexibility index (Phi) is 6.06. The summed E-state index contributed by atoms with van der Waals surface area (Å²) in [5.74, 6) is 0.629. The van der Waals surface area contributed by atoms with Crippen molar-refractivity contribution in [1.82, 2.24) is 10.2 Å². The lowest BCUT2D eigenvalue weighted by Crippen LogP contribution is -2.37. The monoisotopic (exact) mass is 362 g/mol. The van der Waals surface area contributed by atoms with Crippen LogP contribution in [0.5, 0.6) is 0 Å². The third kappa shape index (κ3) is 5.37. The van der Waals surface area contributed by atoms with Gasteiger partial charge in [0, 0.05) is 33.0 Å². The van der Waals surface area contributed by atoms with Crippen LogP contribution in [0.2, 0.25) is 0 Å². The lowest BCUT2D eigenvalue weighted by Gasteiger charge is -2.26. The Morgan fingerprint density at radius 3 is 2.85 bits per heavy atom. The summed E-state index contributed by atoms with van der Waals surface area (Å²) in [7, 11) is 1.89. The summed E-state index contributed by atoms with van der Waals surface area (Å²) in [6.07, 6.45) is 9.43. The SMILES string of the molecule is CN(CC1CC=CCC1)C(=O)[C@@H]1CO[C@H](CNC(=O)CCC2(C)N=N2)C1. The molecule has 0 aromatic heterocycles. The zero-order chi connectivity index (χ0) is 18.6. The zero-order valence-corrected chi connectivity index (χ0v) is 15.8. The molecule has 1 saturated heterocycles. The molecule has 2 aliphatic heterocycles. The number of allylic oxidation sites excluding steroid dienone is 2. The molecule has 3 rings (SSSR count). The van der Waals surface area contributed by atoms with Gasteiger partial charge < -0.3 is 15.0 Å². The molecule has 0 radical (unpaired) electrons. The highest BCUT2D eigenvalue weighted by molar-refractivity contribution is 5.79. The fraction of sp³-hybridized carbons (Fsp3) is 0.789. The van der Waals surface area contributed by atoms with Crippen molar-refractivity contribution >= 4 is 11.8 Å². The van der Waals surface area contributed by atoms with E-state index >= 15 is 0 Å². The third-order valence-corrected chi connectivity index (χ3v) is 5.51. The van der Waals surface area contributed by atoms with Gasteiger partial charge in [0.05, 0.1) is 18.6 Å². The van der Waals surface area contributed by atoms with Crippen molar-refractivity contribution in [3.8, 4) is 0 Å². The van der Waals surface area contributed by atoms with Crippen LogP contribution in [0.1, 0.15) is 45.4 Å². The maximum absolute atomic E-state index is 12.6. The van der Waals surface area contributed by atoms with E-state index in [1.807, 2.05) is 18.9 Å². The van der Waals surface area contributed by atoms with Gasteiger partial charge in [-0.1, -0.05) is 12.2 Å². The van der Waals surface area contributed by atoms with Crippen molar-refractivity contribution in [2.75, 3.05) is 26.7 Å². The molecule has 144 valence electrons. The Morgan fingerprint density at radius 2 is 2.15 bits per heavy atom. The first kappa shape index (κ1) is 19.0. The number of carbonyl (C=O) groups is 2. The summed E-state index contributed by atoms with van der Waals surface area (Å²) in [6.45, 7) is 3.64. The molecule has 1 aliphatic carbocycles. The minimum Gasteiger partial charge on any atom is -0.376 e. The summed E-state index contributed by atoms with van der Waals surface area (Å²) >= 11 is 0. The average Bonchev–Trinajstić information content (AvgIpc) is 3.19. The van der Waals surface area contributed by atoms with Crippen LogP contribution in [0.25, 0.3) is 0 Å². The number of ether oxygens (including phenoxy) is 1. The molecule has 1 N–H and O–H groups in total. The van der Waals surface area contributed by atoms with E-state index in [0.717, 1.165) is 25.8 Å². The summed E-state index contributed by atoms with van der Waals surface area (Å²) < 4.78 is 5.72. The van der Waals surface area contributed by atoms with E-state index < -0.39 is 0 Å². The van der Waals surface area contributed by atoms with Crippen molar-refractivity contribution in [1.29, 1.82) is 0 Å². The normalized spacial score (nSPS) is 28.8. The second kappa shape index (κ2) is 8.29. The standard InChI is InChI=1S/C19H30N4O3/c1-19(21-22-19)9-8-17(24)20-11-16-10-15(13-26-16)18(25)23(2)12-14-6-4-3-5-7-14/h3-4,14-16H,5-13H2,1-2H3,(H,20,24)/t14?,15-,16-/m0/s1. The number of nitrogens with one attached hydrogen (secondary N) is 1. The van der Waals surface area contributed by atoms with Gasteiger partial charge in [-0.25, -0.2) is 0 Å². The highest BCUT2D eigenvalue weighted by Crippen LogP contribution is 2.31. The molecule has 1 fully saturated rings. The Hall–Kier alpha value is -1.76. The Morgan fingerprint density at radius 1 is 1.35 bits per heavy atom. The van der Waals surface area contributed by atoms with Gasteiger partial charge in [0.15, 0.2) is 5.66 Å². The molecular weight excluding hydrogens is 332 g/mol. The molecule has 0 aromatic carbocycles. The minimum absolute atomic E-state index is 0.00984. The molecule has 0 bridgehead atoms. The lowest BCUT2D eigenvalue weighted by molar-refractivity contribution is -0.134. The molecule has 1 unspecified atom stereocenters. The van der Waals surface area contributed by atoms with E-state index in [1.165, 1.54) is 0 Å². The summed E-state index contributed by atoms with van der Waals surface area (Å²) in [5, 5.41) is 10.7. The number of hydrogen-bond donors (Lipinski definition) is 1. The molecule has 2 heterocycles. The quantitative estimate of drug-likeness (QED) is 0.673. The fourth-order valence-corrected chi connectivity index (χ4v) is 3.68. The fourth-order valence-electron chi connectivity index (χ4n) is 3.68. The Labute approximate surface area is 155 Å². The molecule has 0 saturated carbocycles. The molecule has 3 aliphatic rings. The Bertz CT molecular complexity index is 583. The van der Waals surface area contributed by atoms with Gasteiger partial charge in [-0.15, -0.1) is 0 Å². The van der Waals surface area contributed by atoms with Crippen molar-refractivity contribution in [3.63, 3.8) is 0 Å².